The van der Waals surface area contributed by atoms with Crippen molar-refractivity contribution >= 4 is 17.7 Å². The maximum atomic E-state index is 11.9. The Labute approximate surface area is 123 Å². The maximum absolute atomic E-state index is 11.9. The molecule has 7 heteroatoms. The first kappa shape index (κ1) is 15.3. The lowest BCUT2D eigenvalue weighted by Crippen LogP contribution is -2.53. The number of aliphatic carboxylic acids is 1. The van der Waals surface area contributed by atoms with Crippen molar-refractivity contribution in [1.82, 2.24) is 15.3 Å². The van der Waals surface area contributed by atoms with Crippen molar-refractivity contribution in [3.8, 4) is 0 Å². The summed E-state index contributed by atoms with van der Waals surface area (Å²) in [4.78, 5) is 24.8. The average Bonchev–Trinajstić information content (AvgIpc) is 2.41. The highest BCUT2D eigenvalue weighted by Gasteiger charge is 2.15. The van der Waals surface area contributed by atoms with Crippen LogP contribution in [0.15, 0.2) is 24.3 Å². The van der Waals surface area contributed by atoms with E-state index < -0.39 is 5.97 Å². The Morgan fingerprint density at radius 1 is 1.24 bits per heavy atom. The van der Waals surface area contributed by atoms with Crippen molar-refractivity contribution in [3.05, 3.63) is 29.8 Å². The van der Waals surface area contributed by atoms with Crippen LogP contribution in [-0.4, -0.2) is 60.2 Å². The van der Waals surface area contributed by atoms with Crippen molar-refractivity contribution in [2.24, 2.45) is 0 Å². The van der Waals surface area contributed by atoms with E-state index in [1.165, 1.54) is 0 Å². The molecule has 1 fully saturated rings. The number of amides is 2. The molecule has 2 rings (SSSR count). The third-order valence-corrected chi connectivity index (χ3v) is 3.30. The van der Waals surface area contributed by atoms with Crippen molar-refractivity contribution in [2.45, 2.75) is 6.42 Å². The summed E-state index contributed by atoms with van der Waals surface area (Å²) >= 11 is 0. The molecule has 114 valence electrons. The van der Waals surface area contributed by atoms with Gasteiger partial charge >= 0.3 is 12.0 Å². The highest BCUT2D eigenvalue weighted by atomic mass is 16.4. The molecule has 2 amide bonds. The number of hydrogen-bond acceptors (Lipinski definition) is 4. The number of nitrogens with zero attached hydrogens (tertiary/aromatic N) is 2. The summed E-state index contributed by atoms with van der Waals surface area (Å²) in [5, 5.41) is 13.4. The second-order valence-corrected chi connectivity index (χ2v) is 5.13. The van der Waals surface area contributed by atoms with Crippen LogP contribution in [0, 0.1) is 0 Å². The summed E-state index contributed by atoms with van der Waals surface area (Å²) in [6.07, 6.45) is -0.0599. The van der Waals surface area contributed by atoms with Gasteiger partial charge in [0.15, 0.2) is 0 Å². The Bertz CT molecular complexity index is 513. The molecule has 0 unspecified atom stereocenters. The largest absolute Gasteiger partial charge is 0.481 e. The van der Waals surface area contributed by atoms with Crippen molar-refractivity contribution in [3.63, 3.8) is 0 Å². The fourth-order valence-corrected chi connectivity index (χ4v) is 2.15. The number of hydrogen-bond donors (Lipinski definition) is 3. The molecule has 1 aliphatic heterocycles. The lowest BCUT2D eigenvalue weighted by Gasteiger charge is -2.32. The fraction of sp³-hybridized carbons (Fsp3) is 0.429. The van der Waals surface area contributed by atoms with Gasteiger partial charge in [0.05, 0.1) is 6.42 Å². The number of rotatable bonds is 4. The molecule has 21 heavy (non-hydrogen) atoms. The van der Waals surface area contributed by atoms with Gasteiger partial charge in [0, 0.05) is 31.9 Å². The van der Waals surface area contributed by atoms with Gasteiger partial charge in [-0.15, -0.1) is 0 Å². The molecule has 1 aromatic carbocycles. The van der Waals surface area contributed by atoms with Crippen molar-refractivity contribution in [1.29, 1.82) is 0 Å². The quantitative estimate of drug-likeness (QED) is 0.756. The molecule has 0 spiro atoms. The van der Waals surface area contributed by atoms with Crippen LogP contribution >= 0.6 is 0 Å². The predicted molar refractivity (Wildman–Crippen MR) is 79.0 cm³/mol. The van der Waals surface area contributed by atoms with Crippen LogP contribution in [-0.2, 0) is 11.2 Å². The van der Waals surface area contributed by atoms with Crippen molar-refractivity contribution in [2.75, 3.05) is 38.5 Å². The van der Waals surface area contributed by atoms with Gasteiger partial charge < -0.3 is 15.3 Å². The molecule has 0 saturated carbocycles. The van der Waals surface area contributed by atoms with E-state index in [0.29, 0.717) is 11.3 Å². The number of hydrazine groups is 1. The van der Waals surface area contributed by atoms with Gasteiger partial charge in [-0.1, -0.05) is 12.1 Å². The number of carbonyl (C=O) groups is 2. The number of carboxylic acid groups (broad SMARTS) is 1. The molecule has 1 heterocycles. The van der Waals surface area contributed by atoms with Crippen LogP contribution in [0.2, 0.25) is 0 Å². The molecule has 0 aromatic heterocycles. The number of anilines is 1. The van der Waals surface area contributed by atoms with Crippen LogP contribution in [0.1, 0.15) is 5.56 Å². The first-order chi connectivity index (χ1) is 10.0. The summed E-state index contributed by atoms with van der Waals surface area (Å²) in [5.74, 6) is -0.894. The molecule has 0 aliphatic carbocycles. The zero-order valence-corrected chi connectivity index (χ0v) is 12.0. The summed E-state index contributed by atoms with van der Waals surface area (Å²) in [5.41, 5.74) is 4.02. The third-order valence-electron chi connectivity index (χ3n) is 3.30. The monoisotopic (exact) mass is 292 g/mol. The first-order valence-electron chi connectivity index (χ1n) is 6.85. The molecule has 0 radical (unpaired) electrons. The second-order valence-electron chi connectivity index (χ2n) is 5.13. The highest BCUT2D eigenvalue weighted by Crippen LogP contribution is 2.11. The minimum absolute atomic E-state index is 0.0599. The van der Waals surface area contributed by atoms with E-state index in [9.17, 15) is 9.59 Å². The van der Waals surface area contributed by atoms with Crippen LogP contribution in [0.25, 0.3) is 0 Å². The number of likely N-dealkylation sites (N-methyl/N-ethyl adjacent to an activating group) is 1. The van der Waals surface area contributed by atoms with Gasteiger partial charge in [-0.25, -0.2) is 9.80 Å². The van der Waals surface area contributed by atoms with Crippen LogP contribution in [0.5, 0.6) is 0 Å². The van der Waals surface area contributed by atoms with Gasteiger partial charge in [0.1, 0.15) is 0 Å². The van der Waals surface area contributed by atoms with Crippen LogP contribution in [0.4, 0.5) is 10.5 Å². The average molecular weight is 292 g/mol. The normalized spacial score (nSPS) is 16.4. The number of piperazine rings is 1. The topological polar surface area (TPSA) is 84.9 Å². The minimum atomic E-state index is -0.894. The van der Waals surface area contributed by atoms with Crippen molar-refractivity contribution < 1.29 is 14.7 Å². The van der Waals surface area contributed by atoms with E-state index in [-0.39, 0.29) is 12.5 Å². The Kier molecular flexibility index (Phi) is 5.13. The van der Waals surface area contributed by atoms with Crippen LogP contribution < -0.4 is 10.7 Å². The number of nitrogens with one attached hydrogen (secondary N) is 2. The van der Waals surface area contributed by atoms with E-state index in [1.54, 1.807) is 24.3 Å². The minimum Gasteiger partial charge on any atom is -0.481 e. The maximum Gasteiger partial charge on any atom is 0.333 e. The van der Waals surface area contributed by atoms with E-state index in [4.69, 9.17) is 5.11 Å². The molecular weight excluding hydrogens is 272 g/mol. The molecule has 7 nitrogen and oxygen atoms in total. The number of urea groups is 1. The summed E-state index contributed by atoms with van der Waals surface area (Å²) < 4.78 is 0. The Balaban J connectivity index is 1.86. The van der Waals surface area contributed by atoms with Gasteiger partial charge in [-0.2, -0.15) is 0 Å². The molecule has 0 atom stereocenters. The first-order valence-corrected chi connectivity index (χ1v) is 6.85. The lowest BCUT2D eigenvalue weighted by molar-refractivity contribution is -0.136. The van der Waals surface area contributed by atoms with Crippen LogP contribution in [0.3, 0.4) is 0 Å². The summed E-state index contributed by atoms with van der Waals surface area (Å²) in [6, 6.07) is 6.53. The summed E-state index contributed by atoms with van der Waals surface area (Å²) in [7, 11) is 2.05. The number of benzene rings is 1. The Hall–Kier alpha value is -2.12. The lowest BCUT2D eigenvalue weighted by atomic mass is 10.1. The van der Waals surface area contributed by atoms with E-state index in [1.807, 2.05) is 12.1 Å². The fourth-order valence-electron chi connectivity index (χ4n) is 2.15. The molecular formula is C14H20N4O3. The van der Waals surface area contributed by atoms with Gasteiger partial charge in [-0.3, -0.25) is 10.2 Å². The smallest absolute Gasteiger partial charge is 0.333 e. The zero-order valence-electron chi connectivity index (χ0n) is 12.0. The van der Waals surface area contributed by atoms with Gasteiger partial charge in [0.25, 0.3) is 0 Å². The van der Waals surface area contributed by atoms with E-state index in [0.717, 1.165) is 26.2 Å². The zero-order chi connectivity index (χ0) is 15.2. The number of carbonyl (C=O) groups excluding carboxylic acids is 1. The SMILES string of the molecule is CN1CCN(NC(=O)Nc2cccc(CC(=O)O)c2)CC1. The molecule has 1 aromatic rings. The number of carboxylic acids is 1. The van der Waals surface area contributed by atoms with E-state index in [2.05, 4.69) is 15.6 Å². The standard InChI is InChI=1S/C14H20N4O3/c1-17-5-7-18(8-6-17)16-14(21)15-12-4-2-3-11(9-12)10-13(19)20/h2-4,9H,5-8,10H2,1H3,(H,19,20)(H2,15,16,21). The molecule has 0 bridgehead atoms. The molecule has 3 N–H and O–H groups in total. The second kappa shape index (κ2) is 7.05. The summed E-state index contributed by atoms with van der Waals surface area (Å²) in [6.45, 7) is 3.38. The Morgan fingerprint density at radius 3 is 2.62 bits per heavy atom. The molecule has 1 saturated heterocycles. The Morgan fingerprint density at radius 2 is 1.95 bits per heavy atom. The molecule has 1 aliphatic rings. The third kappa shape index (κ3) is 5.05. The predicted octanol–water partition coefficient (Wildman–Crippen LogP) is 0.598. The van der Waals surface area contributed by atoms with E-state index >= 15 is 0 Å². The van der Waals surface area contributed by atoms with Gasteiger partial charge in [0.2, 0.25) is 0 Å². The van der Waals surface area contributed by atoms with Gasteiger partial charge in [-0.05, 0) is 24.7 Å². The highest BCUT2D eigenvalue weighted by molar-refractivity contribution is 5.89.